The molecule has 1 aromatic rings. The number of halogens is 2. The molecule has 2 fully saturated rings. The van der Waals surface area contributed by atoms with Gasteiger partial charge in [-0.15, -0.1) is 0 Å². The first kappa shape index (κ1) is 15.7. The monoisotopic (exact) mass is 392 g/mol. The van der Waals surface area contributed by atoms with E-state index in [0.717, 1.165) is 12.8 Å². The van der Waals surface area contributed by atoms with Crippen LogP contribution in [0.15, 0.2) is 27.6 Å². The molecule has 3 rings (SSSR count). The molecule has 2 aliphatic heterocycles. The van der Waals surface area contributed by atoms with Crippen molar-refractivity contribution >= 4 is 37.6 Å². The summed E-state index contributed by atoms with van der Waals surface area (Å²) < 4.78 is 27.9. The lowest BCUT2D eigenvalue weighted by atomic mass is 10.1. The van der Waals surface area contributed by atoms with Crippen molar-refractivity contribution in [2.24, 2.45) is 0 Å². The highest BCUT2D eigenvalue weighted by Crippen LogP contribution is 2.32. The van der Waals surface area contributed by atoms with Crippen molar-refractivity contribution in [2.45, 2.75) is 36.2 Å². The average molecular weight is 394 g/mol. The number of hydrogen-bond acceptors (Lipinski definition) is 3. The summed E-state index contributed by atoms with van der Waals surface area (Å²) >= 11 is 9.25. The second-order valence-corrected chi connectivity index (χ2v) is 8.98. The van der Waals surface area contributed by atoms with Gasteiger partial charge in [-0.3, -0.25) is 4.90 Å². The van der Waals surface area contributed by atoms with Gasteiger partial charge in [0, 0.05) is 29.6 Å². The van der Waals surface area contributed by atoms with Gasteiger partial charge < -0.3 is 0 Å². The Morgan fingerprint density at radius 2 is 1.95 bits per heavy atom. The number of benzene rings is 1. The minimum atomic E-state index is -3.45. The van der Waals surface area contributed by atoms with Crippen molar-refractivity contribution in [1.82, 2.24) is 9.21 Å². The third-order valence-corrected chi connectivity index (χ3v) is 7.72. The normalized spacial score (nSPS) is 27.8. The van der Waals surface area contributed by atoms with E-state index in [-0.39, 0.29) is 0 Å². The summed E-state index contributed by atoms with van der Waals surface area (Å²) in [5.41, 5.74) is 0. The lowest BCUT2D eigenvalue weighted by Gasteiger charge is -2.25. The zero-order chi connectivity index (χ0) is 15.2. The zero-order valence-electron chi connectivity index (χ0n) is 11.8. The van der Waals surface area contributed by atoms with Crippen LogP contribution < -0.4 is 0 Å². The van der Waals surface area contributed by atoms with Crippen molar-refractivity contribution in [2.75, 3.05) is 20.1 Å². The minimum Gasteiger partial charge on any atom is -0.299 e. The predicted molar refractivity (Wildman–Crippen MR) is 87.1 cm³/mol. The van der Waals surface area contributed by atoms with E-state index < -0.39 is 10.0 Å². The Kier molecular flexibility index (Phi) is 4.36. The molecule has 0 N–H and O–H groups in total. The molecule has 0 spiro atoms. The van der Waals surface area contributed by atoms with Crippen LogP contribution >= 0.6 is 27.5 Å². The second-order valence-electron chi connectivity index (χ2n) is 5.78. The fourth-order valence-corrected chi connectivity index (χ4v) is 5.45. The largest absolute Gasteiger partial charge is 0.299 e. The lowest BCUT2D eigenvalue weighted by Crippen LogP contribution is -2.39. The van der Waals surface area contributed by atoms with Gasteiger partial charge in [0.1, 0.15) is 0 Å². The Hall–Kier alpha value is -0.140. The molecule has 2 unspecified atom stereocenters. The Morgan fingerprint density at radius 1 is 1.24 bits per heavy atom. The Morgan fingerprint density at radius 3 is 2.67 bits per heavy atom. The Bertz CT molecular complexity index is 652. The molecule has 21 heavy (non-hydrogen) atoms. The van der Waals surface area contributed by atoms with E-state index in [1.807, 2.05) is 0 Å². The van der Waals surface area contributed by atoms with Crippen LogP contribution in [-0.2, 0) is 10.0 Å². The average Bonchev–Trinajstić information content (AvgIpc) is 2.65. The molecule has 2 saturated heterocycles. The summed E-state index contributed by atoms with van der Waals surface area (Å²) in [6, 6.07) is 5.64. The van der Waals surface area contributed by atoms with Crippen LogP contribution in [0.5, 0.6) is 0 Å². The molecule has 116 valence electrons. The van der Waals surface area contributed by atoms with Gasteiger partial charge in [-0.05, 0) is 60.4 Å². The smallest absolute Gasteiger partial charge is 0.243 e. The maximum absolute atomic E-state index is 12.8. The van der Waals surface area contributed by atoms with Crippen LogP contribution in [0, 0.1) is 0 Å². The van der Waals surface area contributed by atoms with Gasteiger partial charge in [0.05, 0.1) is 9.92 Å². The predicted octanol–water partition coefficient (Wildman–Crippen LogP) is 2.96. The van der Waals surface area contributed by atoms with Crippen LogP contribution in [0.2, 0.25) is 5.02 Å². The number of sulfonamides is 1. The van der Waals surface area contributed by atoms with E-state index in [4.69, 9.17) is 11.6 Å². The van der Waals surface area contributed by atoms with E-state index in [9.17, 15) is 8.42 Å². The second kappa shape index (κ2) is 5.81. The molecule has 4 nitrogen and oxygen atoms in total. The van der Waals surface area contributed by atoms with Gasteiger partial charge in [0.25, 0.3) is 0 Å². The van der Waals surface area contributed by atoms with Crippen LogP contribution in [-0.4, -0.2) is 49.8 Å². The van der Waals surface area contributed by atoms with Crippen LogP contribution in [0.25, 0.3) is 0 Å². The molecule has 0 amide bonds. The number of fused-ring (bicyclic) bond motifs is 2. The summed E-state index contributed by atoms with van der Waals surface area (Å²) in [6.07, 6.45) is 3.17. The summed E-state index contributed by atoms with van der Waals surface area (Å²) in [7, 11) is -1.34. The molecule has 0 aliphatic carbocycles. The number of rotatable bonds is 2. The van der Waals surface area contributed by atoms with Gasteiger partial charge in [-0.2, -0.15) is 4.31 Å². The highest BCUT2D eigenvalue weighted by molar-refractivity contribution is 9.10. The number of likely N-dealkylation sites (N-methyl/N-ethyl adjacent to an activating group) is 1. The molecule has 0 saturated carbocycles. The van der Waals surface area contributed by atoms with Gasteiger partial charge in [0.2, 0.25) is 10.0 Å². The van der Waals surface area contributed by atoms with Gasteiger partial charge in [-0.1, -0.05) is 11.6 Å². The van der Waals surface area contributed by atoms with Crippen molar-refractivity contribution in [1.29, 1.82) is 0 Å². The van der Waals surface area contributed by atoms with Crippen molar-refractivity contribution < 1.29 is 8.42 Å². The first-order valence-corrected chi connectivity index (χ1v) is 9.68. The summed E-state index contributed by atoms with van der Waals surface area (Å²) in [4.78, 5) is 2.65. The standard InChI is InChI=1S/C14H18BrClN2O2S/c1-17-10-2-3-11(17)9-18(7-6-10)21(19,20)12-4-5-14(16)13(15)8-12/h4-5,8,10-11H,2-3,6-7,9H2,1H3. The molecule has 2 aliphatic rings. The van der Waals surface area contributed by atoms with E-state index in [0.29, 0.717) is 39.6 Å². The number of hydrogen-bond donors (Lipinski definition) is 0. The highest BCUT2D eigenvalue weighted by atomic mass is 79.9. The lowest BCUT2D eigenvalue weighted by molar-refractivity contribution is 0.246. The molecule has 0 aromatic heterocycles. The van der Waals surface area contributed by atoms with E-state index in [2.05, 4.69) is 27.9 Å². The van der Waals surface area contributed by atoms with Gasteiger partial charge in [-0.25, -0.2) is 8.42 Å². The molecular weight excluding hydrogens is 376 g/mol. The Balaban J connectivity index is 1.89. The first-order chi connectivity index (χ1) is 9.89. The molecule has 7 heteroatoms. The third-order valence-electron chi connectivity index (χ3n) is 4.64. The maximum Gasteiger partial charge on any atom is 0.243 e. The van der Waals surface area contributed by atoms with E-state index in [1.54, 1.807) is 22.5 Å². The maximum atomic E-state index is 12.8. The molecule has 2 atom stereocenters. The van der Waals surface area contributed by atoms with Crippen molar-refractivity contribution in [3.63, 3.8) is 0 Å². The van der Waals surface area contributed by atoms with E-state index in [1.165, 1.54) is 6.42 Å². The van der Waals surface area contributed by atoms with E-state index >= 15 is 0 Å². The van der Waals surface area contributed by atoms with Crippen LogP contribution in [0.1, 0.15) is 19.3 Å². The number of nitrogens with zero attached hydrogens (tertiary/aromatic N) is 2. The molecule has 2 bridgehead atoms. The van der Waals surface area contributed by atoms with Gasteiger partial charge in [0.15, 0.2) is 0 Å². The van der Waals surface area contributed by atoms with Crippen LogP contribution in [0.3, 0.4) is 0 Å². The topological polar surface area (TPSA) is 40.6 Å². The third kappa shape index (κ3) is 2.88. The Labute approximate surface area is 139 Å². The SMILES string of the molecule is CN1C2CCC1CN(S(=O)(=O)c1ccc(Cl)c(Br)c1)CC2. The highest BCUT2D eigenvalue weighted by Gasteiger charge is 2.38. The fraction of sp³-hybridized carbons (Fsp3) is 0.571. The quantitative estimate of drug-likeness (QED) is 0.775. The molecule has 0 radical (unpaired) electrons. The first-order valence-electron chi connectivity index (χ1n) is 7.07. The fourth-order valence-electron chi connectivity index (χ4n) is 3.28. The van der Waals surface area contributed by atoms with Crippen molar-refractivity contribution in [3.05, 3.63) is 27.7 Å². The summed E-state index contributed by atoms with van der Waals surface area (Å²) in [5, 5.41) is 0.517. The molecule has 2 heterocycles. The van der Waals surface area contributed by atoms with Crippen LogP contribution in [0.4, 0.5) is 0 Å². The van der Waals surface area contributed by atoms with Crippen molar-refractivity contribution in [3.8, 4) is 0 Å². The summed E-state index contributed by atoms with van der Waals surface area (Å²) in [5.74, 6) is 0. The van der Waals surface area contributed by atoms with Gasteiger partial charge >= 0.3 is 0 Å². The zero-order valence-corrected chi connectivity index (χ0v) is 15.0. The molecule has 1 aromatic carbocycles. The molecular formula is C14H18BrClN2O2S. The minimum absolute atomic E-state index is 0.305. The summed E-state index contributed by atoms with van der Waals surface area (Å²) in [6.45, 7) is 1.17.